The minimum Gasteiger partial charge on any atom is -0.379 e. The molecular weight excluding hydrogens is 252 g/mol. The Kier molecular flexibility index (Phi) is 5.18. The Morgan fingerprint density at radius 1 is 1.30 bits per heavy atom. The highest BCUT2D eigenvalue weighted by atomic mass is 16.5. The zero-order valence-corrected chi connectivity index (χ0v) is 12.1. The van der Waals surface area contributed by atoms with Gasteiger partial charge in [-0.25, -0.2) is 0 Å². The Balaban J connectivity index is 1.78. The number of hydrogen-bond acceptors (Lipinski definition) is 2. The van der Waals surface area contributed by atoms with E-state index in [2.05, 4.69) is 10.3 Å². The summed E-state index contributed by atoms with van der Waals surface area (Å²) in [4.78, 5) is 15.2. The second-order valence-electron chi connectivity index (χ2n) is 5.13. The number of para-hydroxylation sites is 1. The lowest BCUT2D eigenvalue weighted by atomic mass is 10.1. The van der Waals surface area contributed by atoms with Crippen molar-refractivity contribution in [2.45, 2.75) is 32.8 Å². The third-order valence-electron chi connectivity index (χ3n) is 3.14. The van der Waals surface area contributed by atoms with Gasteiger partial charge in [0.1, 0.15) is 0 Å². The third-order valence-corrected chi connectivity index (χ3v) is 3.14. The van der Waals surface area contributed by atoms with Crippen LogP contribution in [0.1, 0.15) is 37.0 Å². The molecule has 0 spiro atoms. The minimum absolute atomic E-state index is 0.0211. The van der Waals surface area contributed by atoms with E-state index in [9.17, 15) is 4.79 Å². The van der Waals surface area contributed by atoms with Crippen LogP contribution in [0, 0.1) is 0 Å². The SMILES string of the molecule is CC(C)OCCCCNC(=O)c1c[nH]c2ccccc12. The first kappa shape index (κ1) is 14.6. The summed E-state index contributed by atoms with van der Waals surface area (Å²) < 4.78 is 5.46. The lowest BCUT2D eigenvalue weighted by Crippen LogP contribution is -2.24. The van der Waals surface area contributed by atoms with Crippen molar-refractivity contribution < 1.29 is 9.53 Å². The molecule has 1 aromatic heterocycles. The summed E-state index contributed by atoms with van der Waals surface area (Å²) in [6, 6.07) is 7.82. The van der Waals surface area contributed by atoms with Crippen molar-refractivity contribution in [2.24, 2.45) is 0 Å². The molecule has 0 aliphatic carbocycles. The van der Waals surface area contributed by atoms with Gasteiger partial charge in [-0.2, -0.15) is 0 Å². The van der Waals surface area contributed by atoms with Gasteiger partial charge < -0.3 is 15.0 Å². The molecule has 0 aliphatic heterocycles. The van der Waals surface area contributed by atoms with Crippen molar-refractivity contribution >= 4 is 16.8 Å². The maximum Gasteiger partial charge on any atom is 0.253 e. The fraction of sp³-hybridized carbons (Fsp3) is 0.438. The Bertz CT molecular complexity index is 560. The van der Waals surface area contributed by atoms with Crippen LogP contribution in [0.4, 0.5) is 0 Å². The number of amides is 1. The summed E-state index contributed by atoms with van der Waals surface area (Å²) in [5.41, 5.74) is 1.70. The lowest BCUT2D eigenvalue weighted by molar-refractivity contribution is 0.0754. The molecule has 1 amide bonds. The van der Waals surface area contributed by atoms with Gasteiger partial charge in [0, 0.05) is 30.3 Å². The number of benzene rings is 1. The van der Waals surface area contributed by atoms with Gasteiger partial charge in [0.2, 0.25) is 0 Å². The Hall–Kier alpha value is -1.81. The highest BCUT2D eigenvalue weighted by Gasteiger charge is 2.10. The monoisotopic (exact) mass is 274 g/mol. The van der Waals surface area contributed by atoms with Crippen LogP contribution in [-0.4, -0.2) is 30.1 Å². The third kappa shape index (κ3) is 3.84. The van der Waals surface area contributed by atoms with Crippen LogP contribution in [0.5, 0.6) is 0 Å². The molecule has 20 heavy (non-hydrogen) atoms. The standard InChI is InChI=1S/C16H22N2O2/c1-12(2)20-10-6-5-9-17-16(19)14-11-18-15-8-4-3-7-13(14)15/h3-4,7-8,11-12,18H,5-6,9-10H2,1-2H3,(H,17,19). The van der Waals surface area contributed by atoms with E-state index in [0.29, 0.717) is 12.1 Å². The maximum absolute atomic E-state index is 12.1. The van der Waals surface area contributed by atoms with Crippen LogP contribution in [0.25, 0.3) is 10.9 Å². The summed E-state index contributed by atoms with van der Waals surface area (Å²) in [5.74, 6) is -0.0211. The van der Waals surface area contributed by atoms with Gasteiger partial charge >= 0.3 is 0 Å². The van der Waals surface area contributed by atoms with Crippen molar-refractivity contribution in [3.05, 3.63) is 36.0 Å². The smallest absolute Gasteiger partial charge is 0.253 e. The van der Waals surface area contributed by atoms with Crippen LogP contribution in [0.2, 0.25) is 0 Å². The van der Waals surface area contributed by atoms with E-state index >= 15 is 0 Å². The van der Waals surface area contributed by atoms with Crippen molar-refractivity contribution in [2.75, 3.05) is 13.2 Å². The van der Waals surface area contributed by atoms with E-state index in [1.165, 1.54) is 0 Å². The molecule has 4 heteroatoms. The van der Waals surface area contributed by atoms with Crippen molar-refractivity contribution in [3.8, 4) is 0 Å². The second-order valence-corrected chi connectivity index (χ2v) is 5.13. The summed E-state index contributed by atoms with van der Waals surface area (Å²) >= 11 is 0. The molecule has 4 nitrogen and oxygen atoms in total. The first-order valence-electron chi connectivity index (χ1n) is 7.14. The van der Waals surface area contributed by atoms with Crippen LogP contribution in [0.15, 0.2) is 30.5 Å². The average Bonchev–Trinajstić information content (AvgIpc) is 2.86. The molecule has 0 radical (unpaired) electrons. The Morgan fingerprint density at radius 3 is 2.90 bits per heavy atom. The number of ether oxygens (including phenoxy) is 1. The number of carbonyl (C=O) groups excluding carboxylic acids is 1. The molecule has 2 N–H and O–H groups in total. The molecule has 0 aliphatic rings. The first-order valence-corrected chi connectivity index (χ1v) is 7.14. The molecule has 2 aromatic rings. The summed E-state index contributed by atoms with van der Waals surface area (Å²) in [7, 11) is 0. The molecule has 1 aromatic carbocycles. The second kappa shape index (κ2) is 7.10. The number of aromatic amines is 1. The van der Waals surface area contributed by atoms with Gasteiger partial charge in [0.05, 0.1) is 11.7 Å². The number of carbonyl (C=O) groups is 1. The normalized spacial score (nSPS) is 11.2. The first-order chi connectivity index (χ1) is 9.68. The number of rotatable bonds is 7. The van der Waals surface area contributed by atoms with Gasteiger partial charge in [0.15, 0.2) is 0 Å². The Labute approximate surface area is 119 Å². The number of nitrogens with one attached hydrogen (secondary N) is 2. The van der Waals surface area contributed by atoms with E-state index in [0.717, 1.165) is 30.4 Å². The number of aromatic nitrogens is 1. The van der Waals surface area contributed by atoms with E-state index in [1.807, 2.05) is 38.1 Å². The molecule has 0 fully saturated rings. The molecule has 108 valence electrons. The van der Waals surface area contributed by atoms with E-state index in [1.54, 1.807) is 6.20 Å². The van der Waals surface area contributed by atoms with Crippen molar-refractivity contribution in [3.63, 3.8) is 0 Å². The predicted octanol–water partition coefficient (Wildman–Crippen LogP) is 3.10. The number of unbranched alkanes of at least 4 members (excludes halogenated alkanes) is 1. The molecule has 0 saturated heterocycles. The van der Waals surface area contributed by atoms with Crippen molar-refractivity contribution in [1.29, 1.82) is 0 Å². The van der Waals surface area contributed by atoms with Crippen LogP contribution in [-0.2, 0) is 4.74 Å². The molecule has 2 rings (SSSR count). The van der Waals surface area contributed by atoms with Crippen LogP contribution < -0.4 is 5.32 Å². The minimum atomic E-state index is -0.0211. The largest absolute Gasteiger partial charge is 0.379 e. The van der Waals surface area contributed by atoms with E-state index in [4.69, 9.17) is 4.74 Å². The quantitative estimate of drug-likeness (QED) is 0.762. The highest BCUT2D eigenvalue weighted by molar-refractivity contribution is 6.06. The van der Waals surface area contributed by atoms with Gasteiger partial charge in [-0.1, -0.05) is 18.2 Å². The zero-order valence-electron chi connectivity index (χ0n) is 12.1. The molecule has 0 bridgehead atoms. The number of hydrogen-bond donors (Lipinski definition) is 2. The Morgan fingerprint density at radius 2 is 2.10 bits per heavy atom. The number of fused-ring (bicyclic) bond motifs is 1. The average molecular weight is 274 g/mol. The molecule has 0 unspecified atom stereocenters. The van der Waals surface area contributed by atoms with Crippen molar-refractivity contribution in [1.82, 2.24) is 10.3 Å². The van der Waals surface area contributed by atoms with Crippen LogP contribution >= 0.6 is 0 Å². The summed E-state index contributed by atoms with van der Waals surface area (Å²) in [5, 5.41) is 3.92. The molecular formula is C16H22N2O2. The fourth-order valence-corrected chi connectivity index (χ4v) is 2.10. The van der Waals surface area contributed by atoms with Gasteiger partial charge in [-0.15, -0.1) is 0 Å². The fourth-order valence-electron chi connectivity index (χ4n) is 2.10. The summed E-state index contributed by atoms with van der Waals surface area (Å²) in [6.07, 6.45) is 3.94. The zero-order chi connectivity index (χ0) is 14.4. The molecule has 0 saturated carbocycles. The molecule has 1 heterocycles. The topological polar surface area (TPSA) is 54.1 Å². The van der Waals surface area contributed by atoms with Gasteiger partial charge in [-0.05, 0) is 32.8 Å². The predicted molar refractivity (Wildman–Crippen MR) is 81.0 cm³/mol. The summed E-state index contributed by atoms with van der Waals surface area (Å²) in [6.45, 7) is 5.48. The van der Waals surface area contributed by atoms with Crippen LogP contribution in [0.3, 0.4) is 0 Å². The van der Waals surface area contributed by atoms with Gasteiger partial charge in [0.25, 0.3) is 5.91 Å². The van der Waals surface area contributed by atoms with E-state index in [-0.39, 0.29) is 12.0 Å². The maximum atomic E-state index is 12.1. The molecule has 0 atom stereocenters. The van der Waals surface area contributed by atoms with Gasteiger partial charge in [-0.3, -0.25) is 4.79 Å². The highest BCUT2D eigenvalue weighted by Crippen LogP contribution is 2.17. The number of H-pyrrole nitrogens is 1. The van der Waals surface area contributed by atoms with E-state index < -0.39 is 0 Å². The lowest BCUT2D eigenvalue weighted by Gasteiger charge is -2.07.